The molecular formula is C19H25N5O2S. The minimum Gasteiger partial charge on any atom is -0.494 e. The van der Waals surface area contributed by atoms with Crippen molar-refractivity contribution in [3.05, 3.63) is 24.3 Å². The van der Waals surface area contributed by atoms with Gasteiger partial charge in [0.25, 0.3) is 0 Å². The first-order valence-corrected chi connectivity index (χ1v) is 10.6. The van der Waals surface area contributed by atoms with E-state index in [0.29, 0.717) is 22.6 Å². The zero-order chi connectivity index (χ0) is 18.6. The molecule has 1 saturated heterocycles. The molecule has 4 rings (SSSR count). The summed E-state index contributed by atoms with van der Waals surface area (Å²) in [5.41, 5.74) is 0.767. The van der Waals surface area contributed by atoms with Crippen molar-refractivity contribution in [2.75, 3.05) is 26.0 Å². The second-order valence-corrected chi connectivity index (χ2v) is 8.21. The van der Waals surface area contributed by atoms with Crippen LogP contribution in [-0.2, 0) is 4.79 Å². The highest BCUT2D eigenvalue weighted by atomic mass is 32.2. The Bertz CT molecular complexity index is 796. The molecule has 144 valence electrons. The Labute approximate surface area is 163 Å². The number of amides is 1. The fourth-order valence-corrected chi connectivity index (χ4v) is 5.06. The Kier molecular flexibility index (Phi) is 5.61. The molecule has 7 nitrogen and oxygen atoms in total. The van der Waals surface area contributed by atoms with Gasteiger partial charge in [0.05, 0.1) is 12.9 Å². The Balaban J connectivity index is 1.40. The van der Waals surface area contributed by atoms with Crippen LogP contribution in [0.3, 0.4) is 0 Å². The molecule has 2 heterocycles. The Hall–Kier alpha value is -2.09. The standard InChI is InChI=1S/C19H25N5O2S/c1-26-17-9-5-4-8-16(17)24-19(20-21-22-24)27-13-18(25)23-11-10-14-6-2-3-7-15(14)12-23/h4-5,8-9,14-15H,2-3,6-7,10-13H2,1H3/t14-,15-/m1/s1. The van der Waals surface area contributed by atoms with E-state index in [2.05, 4.69) is 15.5 Å². The van der Waals surface area contributed by atoms with E-state index in [-0.39, 0.29) is 5.91 Å². The molecule has 1 aromatic carbocycles. The highest BCUT2D eigenvalue weighted by molar-refractivity contribution is 7.99. The fourth-order valence-electron chi connectivity index (χ4n) is 4.27. The Morgan fingerprint density at radius 1 is 1.22 bits per heavy atom. The molecule has 0 spiro atoms. The molecule has 27 heavy (non-hydrogen) atoms. The van der Waals surface area contributed by atoms with Gasteiger partial charge < -0.3 is 9.64 Å². The van der Waals surface area contributed by atoms with E-state index in [4.69, 9.17) is 4.74 Å². The number of carbonyl (C=O) groups excluding carboxylic acids is 1. The summed E-state index contributed by atoms with van der Waals surface area (Å²) in [5, 5.41) is 12.5. The third kappa shape index (κ3) is 3.95. The van der Waals surface area contributed by atoms with Crippen molar-refractivity contribution in [3.63, 3.8) is 0 Å². The van der Waals surface area contributed by atoms with E-state index in [1.807, 2.05) is 29.2 Å². The largest absolute Gasteiger partial charge is 0.494 e. The van der Waals surface area contributed by atoms with E-state index in [1.165, 1.54) is 37.4 Å². The van der Waals surface area contributed by atoms with Crippen molar-refractivity contribution < 1.29 is 9.53 Å². The number of likely N-dealkylation sites (tertiary alicyclic amines) is 1. The average Bonchev–Trinajstić information content (AvgIpc) is 3.20. The number of hydrogen-bond donors (Lipinski definition) is 0. The summed E-state index contributed by atoms with van der Waals surface area (Å²) >= 11 is 1.38. The van der Waals surface area contributed by atoms with Gasteiger partial charge in [-0.25, -0.2) is 0 Å². The van der Waals surface area contributed by atoms with E-state index >= 15 is 0 Å². The highest BCUT2D eigenvalue weighted by Crippen LogP contribution is 2.36. The first kappa shape index (κ1) is 18.3. The molecule has 0 radical (unpaired) electrons. The number of benzene rings is 1. The van der Waals surface area contributed by atoms with Crippen LogP contribution in [0.5, 0.6) is 5.75 Å². The van der Waals surface area contributed by atoms with Crippen LogP contribution >= 0.6 is 11.8 Å². The van der Waals surface area contributed by atoms with Crippen LogP contribution in [0.1, 0.15) is 32.1 Å². The van der Waals surface area contributed by atoms with Crippen LogP contribution in [0, 0.1) is 11.8 Å². The van der Waals surface area contributed by atoms with Crippen LogP contribution in [0.15, 0.2) is 29.4 Å². The van der Waals surface area contributed by atoms with Gasteiger partial charge in [0.1, 0.15) is 11.4 Å². The first-order valence-electron chi connectivity index (χ1n) is 9.58. The number of methoxy groups -OCH3 is 1. The minimum atomic E-state index is 0.179. The summed E-state index contributed by atoms with van der Waals surface area (Å²) < 4.78 is 7.02. The van der Waals surface area contributed by atoms with E-state index in [9.17, 15) is 4.79 Å². The zero-order valence-corrected chi connectivity index (χ0v) is 16.4. The van der Waals surface area contributed by atoms with Gasteiger partial charge in [-0.15, -0.1) is 5.10 Å². The number of thioether (sulfide) groups is 1. The number of para-hydroxylation sites is 2. The van der Waals surface area contributed by atoms with Gasteiger partial charge in [-0.3, -0.25) is 4.79 Å². The van der Waals surface area contributed by atoms with Crippen molar-refractivity contribution in [3.8, 4) is 11.4 Å². The van der Waals surface area contributed by atoms with Crippen molar-refractivity contribution in [2.45, 2.75) is 37.3 Å². The molecule has 0 unspecified atom stereocenters. The lowest BCUT2D eigenvalue weighted by molar-refractivity contribution is -0.131. The van der Waals surface area contributed by atoms with Gasteiger partial charge in [0, 0.05) is 13.1 Å². The molecule has 0 N–H and O–H groups in total. The normalized spacial score (nSPS) is 22.3. The molecule has 2 fully saturated rings. The quantitative estimate of drug-likeness (QED) is 0.735. The molecule has 1 aromatic heterocycles. The molecule has 2 aromatic rings. The number of tetrazole rings is 1. The molecule has 1 aliphatic heterocycles. The highest BCUT2D eigenvalue weighted by Gasteiger charge is 2.32. The molecule has 2 atom stereocenters. The molecule has 1 aliphatic carbocycles. The lowest BCUT2D eigenvalue weighted by Gasteiger charge is -2.41. The van der Waals surface area contributed by atoms with Gasteiger partial charge in [-0.05, 0) is 47.2 Å². The molecule has 8 heteroatoms. The maximum atomic E-state index is 12.7. The summed E-state index contributed by atoms with van der Waals surface area (Å²) in [7, 11) is 1.62. The number of carbonyl (C=O) groups is 1. The monoisotopic (exact) mass is 387 g/mol. The summed E-state index contributed by atoms with van der Waals surface area (Å²) in [5.74, 6) is 2.75. The third-order valence-corrected chi connectivity index (χ3v) is 6.63. The number of rotatable bonds is 5. The topological polar surface area (TPSA) is 73.1 Å². The summed E-state index contributed by atoms with van der Waals surface area (Å²) in [6.45, 7) is 1.81. The van der Waals surface area contributed by atoms with Gasteiger partial charge in [-0.1, -0.05) is 43.2 Å². The summed E-state index contributed by atoms with van der Waals surface area (Å²) in [4.78, 5) is 14.8. The molecular weight excluding hydrogens is 362 g/mol. The number of aromatic nitrogens is 4. The maximum Gasteiger partial charge on any atom is 0.233 e. The maximum absolute atomic E-state index is 12.7. The fraction of sp³-hybridized carbons (Fsp3) is 0.579. The van der Waals surface area contributed by atoms with Crippen LogP contribution in [-0.4, -0.2) is 57.0 Å². The van der Waals surface area contributed by atoms with E-state index < -0.39 is 0 Å². The van der Waals surface area contributed by atoms with Gasteiger partial charge in [0.2, 0.25) is 11.1 Å². The molecule has 1 saturated carbocycles. The molecule has 1 amide bonds. The third-order valence-electron chi connectivity index (χ3n) is 5.72. The summed E-state index contributed by atoms with van der Waals surface area (Å²) in [6.07, 6.45) is 6.44. The van der Waals surface area contributed by atoms with Gasteiger partial charge >= 0.3 is 0 Å². The molecule has 0 bridgehead atoms. The van der Waals surface area contributed by atoms with Gasteiger partial charge in [0.15, 0.2) is 0 Å². The van der Waals surface area contributed by atoms with Gasteiger partial charge in [-0.2, -0.15) is 4.68 Å². The number of hydrogen-bond acceptors (Lipinski definition) is 6. The SMILES string of the molecule is COc1ccccc1-n1nnnc1SCC(=O)N1CC[C@H]2CCCC[C@@H]2C1. The number of nitrogens with zero attached hydrogens (tertiary/aromatic N) is 5. The van der Waals surface area contributed by atoms with Crippen LogP contribution in [0.2, 0.25) is 0 Å². The van der Waals surface area contributed by atoms with Crippen molar-refractivity contribution >= 4 is 17.7 Å². The Morgan fingerprint density at radius 2 is 2.04 bits per heavy atom. The van der Waals surface area contributed by atoms with E-state index in [1.54, 1.807) is 11.8 Å². The lowest BCUT2D eigenvalue weighted by atomic mass is 9.75. The molecule has 2 aliphatic rings. The smallest absolute Gasteiger partial charge is 0.233 e. The zero-order valence-electron chi connectivity index (χ0n) is 15.6. The van der Waals surface area contributed by atoms with Crippen LogP contribution in [0.25, 0.3) is 5.69 Å². The minimum absolute atomic E-state index is 0.179. The van der Waals surface area contributed by atoms with Crippen molar-refractivity contribution in [1.82, 2.24) is 25.1 Å². The first-order chi connectivity index (χ1) is 13.3. The van der Waals surface area contributed by atoms with Crippen molar-refractivity contribution in [2.24, 2.45) is 11.8 Å². The average molecular weight is 388 g/mol. The van der Waals surface area contributed by atoms with Crippen LogP contribution < -0.4 is 4.74 Å². The Morgan fingerprint density at radius 3 is 2.89 bits per heavy atom. The number of fused-ring (bicyclic) bond motifs is 1. The number of ether oxygens (including phenoxy) is 1. The second kappa shape index (κ2) is 8.29. The second-order valence-electron chi connectivity index (χ2n) is 7.27. The summed E-state index contributed by atoms with van der Waals surface area (Å²) in [6, 6.07) is 7.57. The van der Waals surface area contributed by atoms with Crippen molar-refractivity contribution in [1.29, 1.82) is 0 Å². The van der Waals surface area contributed by atoms with Crippen LogP contribution in [0.4, 0.5) is 0 Å². The lowest BCUT2D eigenvalue weighted by Crippen LogP contribution is -2.45. The number of piperidine rings is 1. The predicted octanol–water partition coefficient (Wildman–Crippen LogP) is 2.80. The predicted molar refractivity (Wildman–Crippen MR) is 103 cm³/mol. The van der Waals surface area contributed by atoms with E-state index in [0.717, 1.165) is 31.1 Å².